The SMILES string of the molecule is CNC(c1ccc(Br)cc1)C1CCc2ccccc2C1. The average molecular weight is 330 g/mol. The smallest absolute Gasteiger partial charge is 0.0349 e. The topological polar surface area (TPSA) is 12.0 Å². The van der Waals surface area contributed by atoms with Gasteiger partial charge in [-0.25, -0.2) is 0 Å². The van der Waals surface area contributed by atoms with Crippen molar-refractivity contribution in [3.05, 3.63) is 69.7 Å². The number of hydrogen-bond donors (Lipinski definition) is 1. The maximum absolute atomic E-state index is 3.52. The maximum Gasteiger partial charge on any atom is 0.0349 e. The summed E-state index contributed by atoms with van der Waals surface area (Å²) < 4.78 is 1.14. The molecule has 2 heteroatoms. The van der Waals surface area contributed by atoms with Crippen molar-refractivity contribution >= 4 is 15.9 Å². The third kappa shape index (κ3) is 2.82. The van der Waals surface area contributed by atoms with Crippen molar-refractivity contribution in [1.82, 2.24) is 5.32 Å². The molecule has 1 nitrogen and oxygen atoms in total. The van der Waals surface area contributed by atoms with Gasteiger partial charge >= 0.3 is 0 Å². The molecule has 0 aliphatic heterocycles. The summed E-state index contributed by atoms with van der Waals surface area (Å²) in [7, 11) is 2.08. The van der Waals surface area contributed by atoms with E-state index in [1.54, 1.807) is 0 Å². The Morgan fingerprint density at radius 1 is 1.05 bits per heavy atom. The summed E-state index contributed by atoms with van der Waals surface area (Å²) in [5.41, 5.74) is 4.45. The van der Waals surface area contributed by atoms with Gasteiger partial charge in [-0.1, -0.05) is 52.3 Å². The molecular formula is C18H20BrN. The molecule has 0 bridgehead atoms. The summed E-state index contributed by atoms with van der Waals surface area (Å²) in [5, 5.41) is 3.52. The molecule has 0 heterocycles. The number of aryl methyl sites for hydroxylation is 1. The van der Waals surface area contributed by atoms with Crippen molar-refractivity contribution in [2.75, 3.05) is 7.05 Å². The van der Waals surface area contributed by atoms with Crippen molar-refractivity contribution in [1.29, 1.82) is 0 Å². The fourth-order valence-corrected chi connectivity index (χ4v) is 3.62. The summed E-state index contributed by atoms with van der Waals surface area (Å²) in [6, 6.07) is 18.1. The minimum atomic E-state index is 0.441. The molecule has 20 heavy (non-hydrogen) atoms. The van der Waals surface area contributed by atoms with Gasteiger partial charge in [0.05, 0.1) is 0 Å². The highest BCUT2D eigenvalue weighted by Gasteiger charge is 2.26. The van der Waals surface area contributed by atoms with Crippen LogP contribution in [0.5, 0.6) is 0 Å². The average Bonchev–Trinajstić information content (AvgIpc) is 2.50. The highest BCUT2D eigenvalue weighted by molar-refractivity contribution is 9.10. The van der Waals surface area contributed by atoms with E-state index in [0.29, 0.717) is 12.0 Å². The molecule has 0 fully saturated rings. The highest BCUT2D eigenvalue weighted by atomic mass is 79.9. The predicted octanol–water partition coefficient (Wildman–Crippen LogP) is 4.51. The van der Waals surface area contributed by atoms with Crippen LogP contribution in [0.4, 0.5) is 0 Å². The highest BCUT2D eigenvalue weighted by Crippen LogP contribution is 2.34. The first-order valence-corrected chi connectivity index (χ1v) is 8.06. The lowest BCUT2D eigenvalue weighted by atomic mass is 9.78. The molecule has 0 aromatic heterocycles. The lowest BCUT2D eigenvalue weighted by Gasteiger charge is -2.32. The molecule has 3 rings (SSSR count). The van der Waals surface area contributed by atoms with Gasteiger partial charge in [0.2, 0.25) is 0 Å². The molecular weight excluding hydrogens is 310 g/mol. The third-order valence-electron chi connectivity index (χ3n) is 4.40. The molecule has 0 saturated heterocycles. The Hall–Kier alpha value is -1.12. The fourth-order valence-electron chi connectivity index (χ4n) is 3.36. The van der Waals surface area contributed by atoms with Crippen LogP contribution in [-0.4, -0.2) is 7.05 Å². The van der Waals surface area contributed by atoms with Crippen LogP contribution in [0.15, 0.2) is 53.0 Å². The molecule has 0 amide bonds. The molecule has 2 atom stereocenters. The molecule has 1 N–H and O–H groups in total. The Balaban J connectivity index is 1.83. The minimum absolute atomic E-state index is 0.441. The zero-order valence-corrected chi connectivity index (χ0v) is 13.4. The number of halogens is 1. The van der Waals surface area contributed by atoms with E-state index in [1.807, 2.05) is 0 Å². The van der Waals surface area contributed by atoms with Gasteiger partial charge in [0, 0.05) is 10.5 Å². The zero-order chi connectivity index (χ0) is 13.9. The standard InChI is InChI=1S/C18H20BrN/c1-20-18(14-8-10-17(19)11-9-14)16-7-6-13-4-2-3-5-15(13)12-16/h2-5,8-11,16,18,20H,6-7,12H2,1H3. The first kappa shape index (κ1) is 13.8. The number of benzene rings is 2. The van der Waals surface area contributed by atoms with Crippen LogP contribution in [0.25, 0.3) is 0 Å². The third-order valence-corrected chi connectivity index (χ3v) is 4.93. The summed E-state index contributed by atoms with van der Waals surface area (Å²) in [4.78, 5) is 0. The van der Waals surface area contributed by atoms with Crippen LogP contribution >= 0.6 is 15.9 Å². The summed E-state index contributed by atoms with van der Waals surface area (Å²) in [6.07, 6.45) is 3.64. The van der Waals surface area contributed by atoms with Crippen LogP contribution in [-0.2, 0) is 12.8 Å². The maximum atomic E-state index is 3.52. The van der Waals surface area contributed by atoms with Crippen LogP contribution in [0, 0.1) is 5.92 Å². The van der Waals surface area contributed by atoms with E-state index in [2.05, 4.69) is 76.8 Å². The number of nitrogens with one attached hydrogen (secondary N) is 1. The van der Waals surface area contributed by atoms with E-state index in [-0.39, 0.29) is 0 Å². The Labute approximate surface area is 129 Å². The predicted molar refractivity (Wildman–Crippen MR) is 87.9 cm³/mol. The van der Waals surface area contributed by atoms with Crippen molar-refractivity contribution < 1.29 is 0 Å². The largest absolute Gasteiger partial charge is 0.313 e. The first-order valence-electron chi connectivity index (χ1n) is 7.27. The van der Waals surface area contributed by atoms with Crippen LogP contribution in [0.2, 0.25) is 0 Å². The molecule has 2 aromatic rings. The fraction of sp³-hybridized carbons (Fsp3) is 0.333. The second-order valence-corrected chi connectivity index (χ2v) is 6.51. The quantitative estimate of drug-likeness (QED) is 0.873. The lowest BCUT2D eigenvalue weighted by Crippen LogP contribution is -2.29. The van der Waals surface area contributed by atoms with Crippen molar-refractivity contribution in [2.45, 2.75) is 25.3 Å². The lowest BCUT2D eigenvalue weighted by molar-refractivity contribution is 0.342. The summed E-state index contributed by atoms with van der Waals surface area (Å²) in [5.74, 6) is 0.677. The molecule has 1 aliphatic rings. The number of rotatable bonds is 3. The van der Waals surface area contributed by atoms with Gasteiger partial charge in [-0.05, 0) is 61.1 Å². The van der Waals surface area contributed by atoms with Crippen LogP contribution in [0.1, 0.15) is 29.2 Å². The van der Waals surface area contributed by atoms with E-state index >= 15 is 0 Å². The molecule has 2 aromatic carbocycles. The summed E-state index contributed by atoms with van der Waals surface area (Å²) >= 11 is 3.51. The summed E-state index contributed by atoms with van der Waals surface area (Å²) in [6.45, 7) is 0. The molecule has 1 aliphatic carbocycles. The normalized spacial score (nSPS) is 19.4. The van der Waals surface area contributed by atoms with E-state index in [1.165, 1.54) is 36.0 Å². The number of hydrogen-bond acceptors (Lipinski definition) is 1. The Morgan fingerprint density at radius 3 is 2.45 bits per heavy atom. The Bertz CT molecular complexity index is 576. The van der Waals surface area contributed by atoms with Gasteiger partial charge < -0.3 is 5.32 Å². The van der Waals surface area contributed by atoms with Crippen molar-refractivity contribution in [3.63, 3.8) is 0 Å². The van der Waals surface area contributed by atoms with Crippen LogP contribution in [0.3, 0.4) is 0 Å². The van der Waals surface area contributed by atoms with Crippen LogP contribution < -0.4 is 5.32 Å². The van der Waals surface area contributed by atoms with Gasteiger partial charge in [-0.15, -0.1) is 0 Å². The van der Waals surface area contributed by atoms with Gasteiger partial charge in [0.25, 0.3) is 0 Å². The van der Waals surface area contributed by atoms with E-state index < -0.39 is 0 Å². The van der Waals surface area contributed by atoms with E-state index in [0.717, 1.165) is 4.47 Å². The van der Waals surface area contributed by atoms with E-state index in [9.17, 15) is 0 Å². The second kappa shape index (κ2) is 6.11. The van der Waals surface area contributed by atoms with Crippen molar-refractivity contribution in [2.24, 2.45) is 5.92 Å². The Kier molecular flexibility index (Phi) is 4.23. The molecule has 2 unspecified atom stereocenters. The van der Waals surface area contributed by atoms with Gasteiger partial charge in [-0.2, -0.15) is 0 Å². The zero-order valence-electron chi connectivity index (χ0n) is 11.8. The van der Waals surface area contributed by atoms with Gasteiger partial charge in [-0.3, -0.25) is 0 Å². The molecule has 0 radical (unpaired) electrons. The van der Waals surface area contributed by atoms with Crippen molar-refractivity contribution in [3.8, 4) is 0 Å². The second-order valence-electron chi connectivity index (χ2n) is 5.59. The molecule has 0 saturated carbocycles. The number of fused-ring (bicyclic) bond motifs is 1. The van der Waals surface area contributed by atoms with Gasteiger partial charge in [0.15, 0.2) is 0 Å². The molecule has 104 valence electrons. The first-order chi connectivity index (χ1) is 9.78. The minimum Gasteiger partial charge on any atom is -0.313 e. The Morgan fingerprint density at radius 2 is 1.75 bits per heavy atom. The van der Waals surface area contributed by atoms with Gasteiger partial charge in [0.1, 0.15) is 0 Å². The molecule has 0 spiro atoms. The van der Waals surface area contributed by atoms with E-state index in [4.69, 9.17) is 0 Å². The monoisotopic (exact) mass is 329 g/mol.